The van der Waals surface area contributed by atoms with E-state index in [1.807, 2.05) is 17.0 Å². The molecule has 1 atom stereocenters. The van der Waals surface area contributed by atoms with Gasteiger partial charge in [-0.1, -0.05) is 35.5 Å². The fourth-order valence-corrected chi connectivity index (χ4v) is 4.03. The summed E-state index contributed by atoms with van der Waals surface area (Å²) in [6.45, 7) is 3.17. The molecule has 0 radical (unpaired) electrons. The van der Waals surface area contributed by atoms with E-state index in [4.69, 9.17) is 11.6 Å². The third-order valence-corrected chi connectivity index (χ3v) is 5.92. The van der Waals surface area contributed by atoms with Crippen molar-refractivity contribution in [2.45, 2.75) is 31.6 Å². The lowest BCUT2D eigenvalue weighted by Gasteiger charge is -2.24. The van der Waals surface area contributed by atoms with Gasteiger partial charge in [-0.15, -0.1) is 0 Å². The predicted molar refractivity (Wildman–Crippen MR) is 90.2 cm³/mol. The molecule has 2 aliphatic rings. The van der Waals surface area contributed by atoms with Crippen LogP contribution in [0.3, 0.4) is 0 Å². The lowest BCUT2D eigenvalue weighted by Crippen LogP contribution is -2.34. The van der Waals surface area contributed by atoms with E-state index in [0.29, 0.717) is 12.3 Å². The highest BCUT2D eigenvalue weighted by Crippen LogP contribution is 2.49. The highest BCUT2D eigenvalue weighted by Gasteiger charge is 2.47. The molecular weight excluding hydrogens is 318 g/mol. The summed E-state index contributed by atoms with van der Waals surface area (Å²) in [7, 11) is 0. The zero-order valence-corrected chi connectivity index (χ0v) is 14.3. The molecule has 1 aromatic rings. The van der Waals surface area contributed by atoms with Gasteiger partial charge >= 0.3 is 0 Å². The Hall–Kier alpha value is -1.00. The third kappa shape index (κ3) is 3.49. The maximum Gasteiger partial charge on any atom is 0.222 e. The van der Waals surface area contributed by atoms with Crippen LogP contribution in [0.5, 0.6) is 0 Å². The van der Waals surface area contributed by atoms with Crippen molar-refractivity contribution >= 4 is 34.4 Å². The maximum atomic E-state index is 12.2. The molecule has 1 amide bonds. The highest BCUT2D eigenvalue weighted by molar-refractivity contribution is 8.13. The van der Waals surface area contributed by atoms with Crippen LogP contribution in [0.1, 0.15) is 31.7 Å². The van der Waals surface area contributed by atoms with Crippen LogP contribution in [0.15, 0.2) is 24.3 Å². The van der Waals surface area contributed by atoms with Crippen LogP contribution in [-0.4, -0.2) is 34.8 Å². The summed E-state index contributed by atoms with van der Waals surface area (Å²) in [5.41, 5.74) is 1.41. The summed E-state index contributed by atoms with van der Waals surface area (Å²) in [4.78, 5) is 25.3. The van der Waals surface area contributed by atoms with Crippen LogP contribution in [0.4, 0.5) is 0 Å². The monoisotopic (exact) mass is 337 g/mol. The Morgan fingerprint density at radius 1 is 1.36 bits per heavy atom. The SMILES string of the molecule is CC(=O)SCC1CC(=O)N(CC2(c3ccc(Cl)cc3)CC2)C1. The average molecular weight is 338 g/mol. The van der Waals surface area contributed by atoms with Gasteiger partial charge in [0.2, 0.25) is 5.91 Å². The van der Waals surface area contributed by atoms with Gasteiger partial charge in [0, 0.05) is 42.6 Å². The quantitative estimate of drug-likeness (QED) is 0.825. The molecule has 0 spiro atoms. The number of thioether (sulfide) groups is 1. The van der Waals surface area contributed by atoms with Crippen molar-refractivity contribution in [3.05, 3.63) is 34.9 Å². The molecule has 1 heterocycles. The summed E-state index contributed by atoms with van der Waals surface area (Å²) in [6, 6.07) is 8.02. The second-order valence-corrected chi connectivity index (χ2v) is 8.07. The molecule has 0 aromatic heterocycles. The second-order valence-electron chi connectivity index (χ2n) is 6.43. The van der Waals surface area contributed by atoms with E-state index in [-0.39, 0.29) is 16.4 Å². The minimum absolute atomic E-state index is 0.128. The van der Waals surface area contributed by atoms with E-state index in [1.54, 1.807) is 6.92 Å². The van der Waals surface area contributed by atoms with Crippen molar-refractivity contribution in [1.29, 1.82) is 0 Å². The largest absolute Gasteiger partial charge is 0.341 e. The van der Waals surface area contributed by atoms with Gasteiger partial charge in [-0.2, -0.15) is 0 Å². The Morgan fingerprint density at radius 2 is 2.05 bits per heavy atom. The van der Waals surface area contributed by atoms with E-state index in [9.17, 15) is 9.59 Å². The summed E-state index contributed by atoms with van der Waals surface area (Å²) >= 11 is 7.29. The van der Waals surface area contributed by atoms with E-state index >= 15 is 0 Å². The summed E-state index contributed by atoms with van der Waals surface area (Å²) in [5, 5.41) is 0.879. The van der Waals surface area contributed by atoms with Gasteiger partial charge in [0.05, 0.1) is 0 Å². The van der Waals surface area contributed by atoms with E-state index in [0.717, 1.165) is 36.7 Å². The number of hydrogen-bond acceptors (Lipinski definition) is 3. The van der Waals surface area contributed by atoms with Crippen LogP contribution in [0.2, 0.25) is 5.02 Å². The fraction of sp³-hybridized carbons (Fsp3) is 0.529. The molecule has 3 nitrogen and oxygen atoms in total. The Balaban J connectivity index is 1.62. The molecule has 1 aromatic carbocycles. The van der Waals surface area contributed by atoms with Crippen LogP contribution in [0, 0.1) is 5.92 Å². The Bertz CT molecular complexity index is 583. The Kier molecular flexibility index (Phi) is 4.51. The van der Waals surface area contributed by atoms with Crippen molar-refractivity contribution < 1.29 is 9.59 Å². The lowest BCUT2D eigenvalue weighted by molar-refractivity contribution is -0.128. The fourth-order valence-electron chi connectivity index (χ4n) is 3.21. The Morgan fingerprint density at radius 3 is 2.64 bits per heavy atom. The minimum Gasteiger partial charge on any atom is -0.341 e. The van der Waals surface area contributed by atoms with Gasteiger partial charge in [0.15, 0.2) is 5.12 Å². The van der Waals surface area contributed by atoms with Gasteiger partial charge in [0.1, 0.15) is 0 Å². The number of amides is 1. The van der Waals surface area contributed by atoms with Gasteiger partial charge in [0.25, 0.3) is 0 Å². The molecule has 1 unspecified atom stereocenters. The highest BCUT2D eigenvalue weighted by atomic mass is 35.5. The van der Waals surface area contributed by atoms with Crippen molar-refractivity contribution in [3.8, 4) is 0 Å². The molecule has 1 aliphatic carbocycles. The van der Waals surface area contributed by atoms with Gasteiger partial charge < -0.3 is 4.90 Å². The number of carbonyl (C=O) groups excluding carboxylic acids is 2. The number of likely N-dealkylation sites (tertiary alicyclic amines) is 1. The molecule has 0 bridgehead atoms. The lowest BCUT2D eigenvalue weighted by atomic mass is 9.95. The molecule has 2 fully saturated rings. The first-order valence-corrected chi connectivity index (χ1v) is 9.02. The van der Waals surface area contributed by atoms with E-state index < -0.39 is 0 Å². The zero-order valence-electron chi connectivity index (χ0n) is 12.7. The molecule has 118 valence electrons. The Labute approximate surface area is 140 Å². The van der Waals surface area contributed by atoms with Crippen molar-refractivity contribution in [2.75, 3.05) is 18.8 Å². The van der Waals surface area contributed by atoms with Gasteiger partial charge in [-0.05, 0) is 36.5 Å². The van der Waals surface area contributed by atoms with Crippen LogP contribution in [-0.2, 0) is 15.0 Å². The second kappa shape index (κ2) is 6.25. The number of halogens is 1. The van der Waals surface area contributed by atoms with E-state index in [1.165, 1.54) is 17.3 Å². The van der Waals surface area contributed by atoms with Gasteiger partial charge in [-0.3, -0.25) is 9.59 Å². The molecular formula is C17H20ClNO2S. The first kappa shape index (κ1) is 15.9. The molecule has 22 heavy (non-hydrogen) atoms. The standard InChI is InChI=1S/C17H20ClNO2S/c1-12(20)22-10-13-8-16(21)19(9-13)11-17(6-7-17)14-2-4-15(18)5-3-14/h2-5,13H,6-11H2,1H3. The minimum atomic E-state index is 0.128. The summed E-state index contributed by atoms with van der Waals surface area (Å²) in [6.07, 6.45) is 2.84. The smallest absolute Gasteiger partial charge is 0.222 e. The summed E-state index contributed by atoms with van der Waals surface area (Å²) in [5.74, 6) is 1.29. The molecule has 1 aliphatic heterocycles. The molecule has 5 heteroatoms. The molecule has 1 saturated carbocycles. The number of nitrogens with zero attached hydrogens (tertiary/aromatic N) is 1. The first-order valence-electron chi connectivity index (χ1n) is 7.66. The molecule has 3 rings (SSSR count). The van der Waals surface area contributed by atoms with E-state index in [2.05, 4.69) is 12.1 Å². The average Bonchev–Trinajstić information content (AvgIpc) is 3.17. The molecule has 0 N–H and O–H groups in total. The maximum absolute atomic E-state index is 12.2. The zero-order chi connectivity index (χ0) is 15.7. The number of carbonyl (C=O) groups is 2. The topological polar surface area (TPSA) is 37.4 Å². The van der Waals surface area contributed by atoms with Gasteiger partial charge in [-0.25, -0.2) is 0 Å². The van der Waals surface area contributed by atoms with Crippen LogP contribution < -0.4 is 0 Å². The first-order chi connectivity index (χ1) is 10.5. The molecule has 1 saturated heterocycles. The third-order valence-electron chi connectivity index (χ3n) is 4.62. The van der Waals surface area contributed by atoms with Crippen molar-refractivity contribution in [3.63, 3.8) is 0 Å². The van der Waals surface area contributed by atoms with Crippen LogP contribution in [0.25, 0.3) is 0 Å². The number of rotatable bonds is 5. The normalized spacial score (nSPS) is 22.9. The van der Waals surface area contributed by atoms with Crippen molar-refractivity contribution in [1.82, 2.24) is 4.90 Å². The number of hydrogen-bond donors (Lipinski definition) is 0. The predicted octanol–water partition coefficient (Wildman–Crippen LogP) is 3.50. The summed E-state index contributed by atoms with van der Waals surface area (Å²) < 4.78 is 0. The number of benzene rings is 1. The van der Waals surface area contributed by atoms with Crippen molar-refractivity contribution in [2.24, 2.45) is 5.92 Å². The van der Waals surface area contributed by atoms with Crippen LogP contribution >= 0.6 is 23.4 Å².